The zero-order valence-electron chi connectivity index (χ0n) is 13.0. The summed E-state index contributed by atoms with van der Waals surface area (Å²) in [4.78, 5) is 21.0. The van der Waals surface area contributed by atoms with Gasteiger partial charge in [-0.2, -0.15) is 0 Å². The summed E-state index contributed by atoms with van der Waals surface area (Å²) in [5.41, 5.74) is 2.51. The van der Waals surface area contributed by atoms with Crippen molar-refractivity contribution in [1.29, 1.82) is 0 Å². The molecule has 1 fully saturated rings. The number of anilines is 2. The first-order valence-electron chi connectivity index (χ1n) is 8.11. The summed E-state index contributed by atoms with van der Waals surface area (Å²) in [6, 6.07) is 0. The Bertz CT molecular complexity index is 699. The lowest BCUT2D eigenvalue weighted by atomic mass is 9.96. The van der Waals surface area contributed by atoms with Crippen LogP contribution in [-0.4, -0.2) is 46.1 Å². The Morgan fingerprint density at radius 3 is 2.30 bits per heavy atom. The molecule has 3 heterocycles. The maximum atomic E-state index is 13.8. The number of nitrogens with zero attached hydrogens (tertiary/aromatic N) is 6. The maximum absolute atomic E-state index is 13.8. The molecule has 0 bridgehead atoms. The second kappa shape index (κ2) is 6.06. The molecule has 1 aliphatic carbocycles. The average molecular weight is 314 g/mol. The van der Waals surface area contributed by atoms with Crippen LogP contribution in [0.25, 0.3) is 0 Å². The van der Waals surface area contributed by atoms with E-state index in [1.54, 1.807) is 6.33 Å². The van der Waals surface area contributed by atoms with E-state index in [2.05, 4.69) is 24.8 Å². The first-order chi connectivity index (χ1) is 11.3. The minimum absolute atomic E-state index is 0.361. The van der Waals surface area contributed by atoms with Gasteiger partial charge in [0.25, 0.3) is 0 Å². The van der Waals surface area contributed by atoms with Gasteiger partial charge in [-0.3, -0.25) is 0 Å². The standard InChI is InChI=1S/C16H19FN6/c17-13-9-18-10-20-16(13)23-7-5-22(6-8-23)15-12-3-1-2-4-14(12)19-11-21-15/h9-11H,1-8H2. The van der Waals surface area contributed by atoms with Crippen molar-refractivity contribution in [3.8, 4) is 0 Å². The lowest BCUT2D eigenvalue weighted by Gasteiger charge is -2.37. The van der Waals surface area contributed by atoms with E-state index in [4.69, 9.17) is 0 Å². The third-order valence-corrected chi connectivity index (χ3v) is 4.63. The smallest absolute Gasteiger partial charge is 0.183 e. The van der Waals surface area contributed by atoms with E-state index in [0.717, 1.165) is 44.8 Å². The summed E-state index contributed by atoms with van der Waals surface area (Å²) >= 11 is 0. The fraction of sp³-hybridized carbons (Fsp3) is 0.500. The van der Waals surface area contributed by atoms with Gasteiger partial charge in [-0.05, 0) is 25.7 Å². The number of hydrogen-bond donors (Lipinski definition) is 0. The summed E-state index contributed by atoms with van der Waals surface area (Å²) in [6.45, 7) is 3.08. The van der Waals surface area contributed by atoms with E-state index in [1.807, 2.05) is 4.90 Å². The quantitative estimate of drug-likeness (QED) is 0.839. The monoisotopic (exact) mass is 314 g/mol. The van der Waals surface area contributed by atoms with E-state index < -0.39 is 0 Å². The Morgan fingerprint density at radius 1 is 0.826 bits per heavy atom. The van der Waals surface area contributed by atoms with Crippen LogP contribution in [0.1, 0.15) is 24.1 Å². The highest BCUT2D eigenvalue weighted by Crippen LogP contribution is 2.28. The van der Waals surface area contributed by atoms with Gasteiger partial charge in [0.2, 0.25) is 0 Å². The number of hydrogen-bond acceptors (Lipinski definition) is 6. The molecule has 0 radical (unpaired) electrons. The normalized spacial score (nSPS) is 18.0. The predicted molar refractivity (Wildman–Crippen MR) is 85.1 cm³/mol. The maximum Gasteiger partial charge on any atom is 0.183 e. The second-order valence-electron chi connectivity index (χ2n) is 6.00. The van der Waals surface area contributed by atoms with Crippen molar-refractivity contribution < 1.29 is 4.39 Å². The summed E-state index contributed by atoms with van der Waals surface area (Å²) < 4.78 is 13.8. The molecule has 1 saturated heterocycles. The number of halogens is 1. The van der Waals surface area contributed by atoms with Gasteiger partial charge in [-0.1, -0.05) is 0 Å². The minimum Gasteiger partial charge on any atom is -0.353 e. The van der Waals surface area contributed by atoms with Crippen LogP contribution in [0.2, 0.25) is 0 Å². The van der Waals surface area contributed by atoms with Crippen molar-refractivity contribution >= 4 is 11.6 Å². The highest BCUT2D eigenvalue weighted by Gasteiger charge is 2.25. The highest BCUT2D eigenvalue weighted by molar-refractivity contribution is 5.51. The van der Waals surface area contributed by atoms with E-state index in [-0.39, 0.29) is 5.82 Å². The second-order valence-corrected chi connectivity index (χ2v) is 6.00. The third-order valence-electron chi connectivity index (χ3n) is 4.63. The molecule has 23 heavy (non-hydrogen) atoms. The Balaban J connectivity index is 1.51. The summed E-state index contributed by atoms with van der Waals surface area (Å²) in [5, 5.41) is 0. The molecule has 0 amide bonds. The van der Waals surface area contributed by atoms with Gasteiger partial charge >= 0.3 is 0 Å². The molecule has 2 aromatic rings. The van der Waals surface area contributed by atoms with Gasteiger partial charge in [0.1, 0.15) is 18.5 Å². The van der Waals surface area contributed by atoms with E-state index in [9.17, 15) is 4.39 Å². The van der Waals surface area contributed by atoms with E-state index in [0.29, 0.717) is 5.82 Å². The van der Waals surface area contributed by atoms with Crippen LogP contribution in [0, 0.1) is 5.82 Å². The fourth-order valence-corrected chi connectivity index (χ4v) is 3.45. The van der Waals surface area contributed by atoms with Crippen LogP contribution in [0.15, 0.2) is 18.9 Å². The van der Waals surface area contributed by atoms with Crippen LogP contribution < -0.4 is 9.80 Å². The number of aryl methyl sites for hydroxylation is 1. The zero-order valence-corrected chi connectivity index (χ0v) is 13.0. The molecule has 0 N–H and O–H groups in total. The third kappa shape index (κ3) is 2.71. The van der Waals surface area contributed by atoms with Crippen molar-refractivity contribution in [1.82, 2.24) is 19.9 Å². The Labute approximate surface area is 134 Å². The van der Waals surface area contributed by atoms with Gasteiger partial charge in [-0.15, -0.1) is 0 Å². The number of aromatic nitrogens is 4. The Kier molecular flexibility index (Phi) is 3.77. The summed E-state index contributed by atoms with van der Waals surface area (Å²) in [7, 11) is 0. The van der Waals surface area contributed by atoms with Crippen molar-refractivity contribution in [3.63, 3.8) is 0 Å². The summed E-state index contributed by atoms with van der Waals surface area (Å²) in [6.07, 6.45) is 8.82. The van der Waals surface area contributed by atoms with Crippen LogP contribution in [0.3, 0.4) is 0 Å². The molecule has 1 aliphatic heterocycles. The van der Waals surface area contributed by atoms with Crippen molar-refractivity contribution in [3.05, 3.63) is 35.9 Å². The zero-order chi connectivity index (χ0) is 15.6. The van der Waals surface area contributed by atoms with Gasteiger partial charge in [0.05, 0.1) is 6.20 Å². The molecular formula is C16H19FN6. The molecule has 0 unspecified atom stereocenters. The molecule has 120 valence electrons. The van der Waals surface area contributed by atoms with Crippen LogP contribution in [0.5, 0.6) is 0 Å². The molecule has 2 aliphatic rings. The molecule has 0 spiro atoms. The topological polar surface area (TPSA) is 58.0 Å². The Hall–Kier alpha value is -2.31. The summed E-state index contributed by atoms with van der Waals surface area (Å²) in [5.74, 6) is 1.10. The molecule has 2 aromatic heterocycles. The molecule has 4 rings (SSSR count). The van der Waals surface area contributed by atoms with Crippen molar-refractivity contribution in [2.75, 3.05) is 36.0 Å². The minimum atomic E-state index is -0.361. The molecule has 7 heteroatoms. The fourth-order valence-electron chi connectivity index (χ4n) is 3.45. The predicted octanol–water partition coefficient (Wildman–Crippen LogP) is 1.61. The van der Waals surface area contributed by atoms with Crippen LogP contribution in [-0.2, 0) is 12.8 Å². The number of rotatable bonds is 2. The van der Waals surface area contributed by atoms with Crippen molar-refractivity contribution in [2.45, 2.75) is 25.7 Å². The van der Waals surface area contributed by atoms with Gasteiger partial charge in [0, 0.05) is 37.4 Å². The Morgan fingerprint density at radius 2 is 1.52 bits per heavy atom. The molecule has 6 nitrogen and oxygen atoms in total. The van der Waals surface area contributed by atoms with Gasteiger partial charge in [-0.25, -0.2) is 24.3 Å². The van der Waals surface area contributed by atoms with E-state index in [1.165, 1.54) is 36.6 Å². The lowest BCUT2D eigenvalue weighted by Crippen LogP contribution is -2.47. The first kappa shape index (κ1) is 14.3. The largest absolute Gasteiger partial charge is 0.353 e. The van der Waals surface area contributed by atoms with Crippen LogP contribution >= 0.6 is 0 Å². The van der Waals surface area contributed by atoms with Gasteiger partial charge < -0.3 is 9.80 Å². The van der Waals surface area contributed by atoms with Gasteiger partial charge in [0.15, 0.2) is 11.6 Å². The first-order valence-corrected chi connectivity index (χ1v) is 8.11. The number of piperazine rings is 1. The lowest BCUT2D eigenvalue weighted by molar-refractivity contribution is 0.578. The molecule has 0 atom stereocenters. The van der Waals surface area contributed by atoms with Crippen molar-refractivity contribution in [2.24, 2.45) is 0 Å². The van der Waals surface area contributed by atoms with E-state index >= 15 is 0 Å². The number of fused-ring (bicyclic) bond motifs is 1. The average Bonchev–Trinajstić information content (AvgIpc) is 2.62. The molecular weight excluding hydrogens is 295 g/mol. The molecule has 0 aromatic carbocycles. The highest BCUT2D eigenvalue weighted by atomic mass is 19.1. The molecule has 0 saturated carbocycles. The SMILES string of the molecule is Fc1cncnc1N1CCN(c2ncnc3c2CCCC3)CC1. The van der Waals surface area contributed by atoms with Crippen LogP contribution in [0.4, 0.5) is 16.0 Å².